The fourth-order valence-corrected chi connectivity index (χ4v) is 8.09. The van der Waals surface area contributed by atoms with Crippen LogP contribution < -0.4 is 10.0 Å². The normalized spacial score (nSPS) is 13.3. The summed E-state index contributed by atoms with van der Waals surface area (Å²) in [6, 6.07) is 18.9. The van der Waals surface area contributed by atoms with Gasteiger partial charge in [-0.1, -0.05) is 24.3 Å². The van der Waals surface area contributed by atoms with Crippen LogP contribution in [-0.4, -0.2) is 19.3 Å². The number of anilines is 2. The molecule has 5 aromatic rings. The first kappa shape index (κ1) is 24.7. The van der Waals surface area contributed by atoms with Crippen molar-refractivity contribution in [3.8, 4) is 10.6 Å². The summed E-state index contributed by atoms with van der Waals surface area (Å²) in [5.41, 5.74) is 3.43. The number of thiophene rings is 1. The molecule has 10 heteroatoms. The monoisotopic (exact) mass is 563 g/mol. The maximum absolute atomic E-state index is 13.6. The van der Waals surface area contributed by atoms with Gasteiger partial charge in [-0.05, 0) is 79.8 Å². The highest BCUT2D eigenvalue weighted by molar-refractivity contribution is 7.92. The summed E-state index contributed by atoms with van der Waals surface area (Å²) in [6.07, 6.45) is 4.08. The van der Waals surface area contributed by atoms with Crippen molar-refractivity contribution in [1.29, 1.82) is 0 Å². The van der Waals surface area contributed by atoms with Gasteiger partial charge in [0.15, 0.2) is 0 Å². The van der Waals surface area contributed by atoms with E-state index in [0.29, 0.717) is 0 Å². The number of nitrogens with one attached hydrogen (secondary N) is 2. The average Bonchev–Trinajstić information content (AvgIpc) is 3.49. The van der Waals surface area contributed by atoms with Crippen molar-refractivity contribution in [2.75, 3.05) is 10.0 Å². The molecule has 0 saturated carbocycles. The van der Waals surface area contributed by atoms with E-state index in [0.717, 1.165) is 63.6 Å². The topological polar surface area (TPSA) is 88.2 Å². The standard InChI is InChI=1S/C28H22FN3O3S3/c29-17-13-15-18(16-14-17)38(34,35)32-21-9-3-1-7-19(21)26(33)31-28-25(20-8-2-5-11-23(20)36-28)27-30-22-10-4-6-12-24(22)37-27/h1,3-4,6-7,9-10,12-16,32H,2,5,8,11H2,(H,31,33). The molecule has 38 heavy (non-hydrogen) atoms. The van der Waals surface area contributed by atoms with E-state index in [2.05, 4.69) is 10.0 Å². The number of sulfonamides is 1. The number of aryl methyl sites for hydroxylation is 1. The molecule has 0 bridgehead atoms. The lowest BCUT2D eigenvalue weighted by molar-refractivity contribution is 0.102. The molecule has 0 spiro atoms. The first-order valence-corrected chi connectivity index (χ1v) is 15.2. The van der Waals surface area contributed by atoms with Crippen molar-refractivity contribution < 1.29 is 17.6 Å². The van der Waals surface area contributed by atoms with Gasteiger partial charge in [0.25, 0.3) is 15.9 Å². The van der Waals surface area contributed by atoms with Gasteiger partial charge in [0.1, 0.15) is 15.8 Å². The molecule has 6 nitrogen and oxygen atoms in total. The Balaban J connectivity index is 1.35. The minimum absolute atomic E-state index is 0.0989. The molecular formula is C28H22FN3O3S3. The van der Waals surface area contributed by atoms with Crippen molar-refractivity contribution in [1.82, 2.24) is 4.98 Å². The Bertz CT molecular complexity index is 1740. The number of thiazole rings is 1. The summed E-state index contributed by atoms with van der Waals surface area (Å²) >= 11 is 3.17. The molecule has 1 amide bonds. The lowest BCUT2D eigenvalue weighted by atomic mass is 9.95. The van der Waals surface area contributed by atoms with Crippen LogP contribution in [0.1, 0.15) is 33.6 Å². The predicted molar refractivity (Wildman–Crippen MR) is 151 cm³/mol. The predicted octanol–water partition coefficient (Wildman–Crippen LogP) is 7.10. The van der Waals surface area contributed by atoms with E-state index in [1.165, 1.54) is 28.6 Å². The van der Waals surface area contributed by atoms with E-state index in [1.807, 2.05) is 24.3 Å². The van der Waals surface area contributed by atoms with E-state index in [4.69, 9.17) is 4.98 Å². The number of amides is 1. The summed E-state index contributed by atoms with van der Waals surface area (Å²) < 4.78 is 42.7. The molecule has 0 unspecified atom stereocenters. The Hall–Kier alpha value is -3.60. The molecule has 2 aromatic heterocycles. The molecule has 192 valence electrons. The minimum atomic E-state index is -4.03. The molecule has 3 aromatic carbocycles. The van der Waals surface area contributed by atoms with Crippen LogP contribution in [0, 0.1) is 5.82 Å². The smallest absolute Gasteiger partial charge is 0.261 e. The lowest BCUT2D eigenvalue weighted by Gasteiger charge is -2.13. The summed E-state index contributed by atoms with van der Waals surface area (Å²) in [5, 5.41) is 4.65. The highest BCUT2D eigenvalue weighted by Gasteiger charge is 2.26. The number of carbonyl (C=O) groups is 1. The molecule has 6 rings (SSSR count). The maximum atomic E-state index is 13.6. The largest absolute Gasteiger partial charge is 0.313 e. The molecule has 0 atom stereocenters. The third-order valence-corrected chi connectivity index (χ3v) is 10.1. The highest BCUT2D eigenvalue weighted by atomic mass is 32.2. The molecule has 0 aliphatic heterocycles. The molecule has 1 aliphatic carbocycles. The zero-order valence-electron chi connectivity index (χ0n) is 20.0. The SMILES string of the molecule is O=C(Nc1sc2c(c1-c1nc3ccccc3s1)CCCC2)c1ccccc1NS(=O)(=O)c1ccc(F)cc1. The Morgan fingerprint density at radius 2 is 1.63 bits per heavy atom. The first-order valence-electron chi connectivity index (χ1n) is 12.1. The summed E-state index contributed by atoms with van der Waals surface area (Å²) in [4.78, 5) is 19.6. The number of carbonyl (C=O) groups excluding carboxylic acids is 1. The summed E-state index contributed by atoms with van der Waals surface area (Å²) in [6.45, 7) is 0. The number of para-hydroxylation sites is 2. The second-order valence-electron chi connectivity index (χ2n) is 8.96. The van der Waals surface area contributed by atoms with Crippen LogP contribution in [0.3, 0.4) is 0 Å². The van der Waals surface area contributed by atoms with Crippen LogP contribution in [0.5, 0.6) is 0 Å². The number of nitrogens with zero attached hydrogens (tertiary/aromatic N) is 1. The van der Waals surface area contributed by atoms with Gasteiger partial charge < -0.3 is 5.32 Å². The van der Waals surface area contributed by atoms with E-state index in [-0.39, 0.29) is 16.1 Å². The van der Waals surface area contributed by atoms with Gasteiger partial charge in [-0.3, -0.25) is 9.52 Å². The van der Waals surface area contributed by atoms with Gasteiger partial charge in [0.05, 0.1) is 26.4 Å². The second kappa shape index (κ2) is 9.94. The van der Waals surface area contributed by atoms with Crippen molar-refractivity contribution in [3.63, 3.8) is 0 Å². The van der Waals surface area contributed by atoms with Gasteiger partial charge in [-0.25, -0.2) is 17.8 Å². The van der Waals surface area contributed by atoms with E-state index in [9.17, 15) is 17.6 Å². The number of hydrogen-bond donors (Lipinski definition) is 2. The Morgan fingerprint density at radius 3 is 2.45 bits per heavy atom. The van der Waals surface area contributed by atoms with Crippen LogP contribution in [-0.2, 0) is 22.9 Å². The van der Waals surface area contributed by atoms with Crippen molar-refractivity contribution in [2.45, 2.75) is 30.6 Å². The fraction of sp³-hybridized carbons (Fsp3) is 0.143. The van der Waals surface area contributed by atoms with E-state index < -0.39 is 21.7 Å². The van der Waals surface area contributed by atoms with Gasteiger partial charge in [0, 0.05) is 10.4 Å². The van der Waals surface area contributed by atoms with Gasteiger partial charge >= 0.3 is 0 Å². The number of rotatable bonds is 6. The van der Waals surface area contributed by atoms with Crippen LogP contribution in [0.4, 0.5) is 15.1 Å². The Kier molecular flexibility index (Phi) is 6.46. The first-order chi connectivity index (χ1) is 18.4. The molecule has 0 saturated heterocycles. The molecule has 0 radical (unpaired) electrons. The number of hydrogen-bond acceptors (Lipinski definition) is 6. The highest BCUT2D eigenvalue weighted by Crippen LogP contribution is 2.46. The Morgan fingerprint density at radius 1 is 0.895 bits per heavy atom. The zero-order valence-corrected chi connectivity index (χ0v) is 22.5. The van der Waals surface area contributed by atoms with Gasteiger partial charge in [-0.2, -0.15) is 0 Å². The van der Waals surface area contributed by atoms with E-state index >= 15 is 0 Å². The second-order valence-corrected chi connectivity index (χ2v) is 12.8. The third-order valence-electron chi connectivity index (χ3n) is 6.45. The maximum Gasteiger partial charge on any atom is 0.261 e. The molecule has 0 fully saturated rings. The van der Waals surface area contributed by atoms with Crippen LogP contribution >= 0.6 is 22.7 Å². The lowest BCUT2D eigenvalue weighted by Crippen LogP contribution is -2.18. The van der Waals surface area contributed by atoms with Crippen molar-refractivity contribution >= 4 is 59.5 Å². The Labute approximate surface area is 227 Å². The molecule has 2 N–H and O–H groups in total. The third kappa shape index (κ3) is 4.70. The summed E-state index contributed by atoms with van der Waals surface area (Å²) in [5.74, 6) is -0.963. The minimum Gasteiger partial charge on any atom is -0.313 e. The molecular weight excluding hydrogens is 542 g/mol. The number of halogens is 1. The molecule has 1 aliphatic rings. The van der Waals surface area contributed by atoms with Crippen molar-refractivity contribution in [3.05, 3.63) is 94.6 Å². The zero-order chi connectivity index (χ0) is 26.3. The molecule has 2 heterocycles. The van der Waals surface area contributed by atoms with Gasteiger partial charge in [-0.15, -0.1) is 22.7 Å². The number of aromatic nitrogens is 1. The van der Waals surface area contributed by atoms with Crippen LogP contribution in [0.15, 0.2) is 77.7 Å². The van der Waals surface area contributed by atoms with Crippen molar-refractivity contribution in [2.24, 2.45) is 0 Å². The number of benzene rings is 3. The summed E-state index contributed by atoms with van der Waals surface area (Å²) in [7, 11) is -4.03. The average molecular weight is 564 g/mol. The van der Waals surface area contributed by atoms with Crippen LogP contribution in [0.2, 0.25) is 0 Å². The fourth-order valence-electron chi connectivity index (χ4n) is 4.62. The number of fused-ring (bicyclic) bond motifs is 2. The van der Waals surface area contributed by atoms with Crippen LogP contribution in [0.25, 0.3) is 20.8 Å². The quantitative estimate of drug-likeness (QED) is 0.231. The van der Waals surface area contributed by atoms with Gasteiger partial charge in [0.2, 0.25) is 0 Å². The van der Waals surface area contributed by atoms with E-state index in [1.54, 1.807) is 40.9 Å².